The van der Waals surface area contributed by atoms with E-state index in [4.69, 9.17) is 0 Å². The van der Waals surface area contributed by atoms with E-state index >= 15 is 0 Å². The minimum absolute atomic E-state index is 0. The van der Waals surface area contributed by atoms with Crippen LogP contribution in [0.1, 0.15) is 6.42 Å². The van der Waals surface area contributed by atoms with E-state index in [9.17, 15) is 9.90 Å². The van der Waals surface area contributed by atoms with Crippen LogP contribution in [0.3, 0.4) is 0 Å². The number of carbonyl (C=O) groups excluding carboxylic acids is 1. The van der Waals surface area contributed by atoms with Gasteiger partial charge in [0.1, 0.15) is 0 Å². The topological polar surface area (TPSA) is 77.9 Å². The zero-order chi connectivity index (χ0) is 10.4. The maximum absolute atomic E-state index is 10.6. The van der Waals surface area contributed by atoms with Crippen LogP contribution in [0, 0.1) is 0 Å². The van der Waals surface area contributed by atoms with E-state index in [0.717, 1.165) is 0 Å². The molecule has 0 unspecified atom stereocenters. The smallest absolute Gasteiger partial charge is 0.548 e. The summed E-state index contributed by atoms with van der Waals surface area (Å²) in [4.78, 5) is 18.3. The van der Waals surface area contributed by atoms with Crippen molar-refractivity contribution in [1.82, 2.24) is 9.97 Å². The molecule has 0 aliphatic rings. The molecule has 5 nitrogen and oxygen atoms in total. The molecule has 0 aromatic carbocycles. The van der Waals surface area contributed by atoms with Gasteiger partial charge in [0.15, 0.2) is 0 Å². The van der Waals surface area contributed by atoms with Gasteiger partial charge in [-0.05, 0) is 18.2 Å². The molecule has 0 aliphatic carbocycles. The third-order valence-electron chi connectivity index (χ3n) is 1.57. The van der Waals surface area contributed by atoms with Crippen molar-refractivity contribution < 1.29 is 39.5 Å². The molecule has 0 saturated carbocycles. The van der Waals surface area contributed by atoms with Gasteiger partial charge in [-0.2, -0.15) is 12.6 Å². The molecule has 1 rings (SSSR count). The molecule has 1 aromatic heterocycles. The Bertz CT molecular complexity index is 299. The second-order valence-corrected chi connectivity index (χ2v) is 3.05. The monoisotopic (exact) mass is 235 g/mol. The molecule has 76 valence electrons. The Morgan fingerprint density at radius 2 is 2.13 bits per heavy atom. The predicted octanol–water partition coefficient (Wildman–Crippen LogP) is -3.67. The first-order chi connectivity index (χ1) is 6.74. The summed E-state index contributed by atoms with van der Waals surface area (Å²) in [6.45, 7) is 0. The van der Waals surface area contributed by atoms with Crippen molar-refractivity contribution in [3.63, 3.8) is 0 Å². The summed E-state index contributed by atoms with van der Waals surface area (Å²) < 4.78 is 0. The first-order valence-electron chi connectivity index (χ1n) is 4.09. The maximum atomic E-state index is 10.6. The Kier molecular flexibility index (Phi) is 7.76. The number of thiol groups is 1. The maximum Gasteiger partial charge on any atom is 1.00 e. The van der Waals surface area contributed by atoms with Crippen LogP contribution in [-0.2, 0) is 4.79 Å². The molecule has 1 N–H and O–H groups in total. The number of aliphatic carboxylic acids is 1. The fraction of sp³-hybridized carbons (Fsp3) is 0.375. The first kappa shape index (κ1) is 14.7. The quantitative estimate of drug-likeness (QED) is 0.406. The van der Waals surface area contributed by atoms with E-state index in [1.807, 2.05) is 0 Å². The molecule has 1 atom stereocenters. The van der Waals surface area contributed by atoms with E-state index in [0.29, 0.717) is 12.2 Å². The number of carboxylic acid groups (broad SMARTS) is 1. The Balaban J connectivity index is 0.00000196. The number of rotatable bonds is 5. The summed E-state index contributed by atoms with van der Waals surface area (Å²) in [6, 6.07) is 0.854. The number of carboxylic acids is 1. The average molecular weight is 235 g/mol. The Labute approximate surface area is 115 Å². The second kappa shape index (κ2) is 7.92. The van der Waals surface area contributed by atoms with Crippen molar-refractivity contribution in [2.24, 2.45) is 0 Å². The number of aromatic nitrogens is 2. The van der Waals surface area contributed by atoms with E-state index < -0.39 is 12.0 Å². The predicted molar refractivity (Wildman–Crippen MR) is 52.9 cm³/mol. The summed E-state index contributed by atoms with van der Waals surface area (Å²) in [7, 11) is 0. The second-order valence-electron chi connectivity index (χ2n) is 2.60. The minimum atomic E-state index is -1.17. The number of hydrogen-bond acceptors (Lipinski definition) is 6. The molecule has 0 amide bonds. The normalized spacial score (nSPS) is 11.3. The molecule has 0 radical (unpaired) electrons. The zero-order valence-corrected chi connectivity index (χ0v) is 11.3. The summed E-state index contributed by atoms with van der Waals surface area (Å²) in [5, 5.41) is 13.3. The van der Waals surface area contributed by atoms with Crippen molar-refractivity contribution in [3.8, 4) is 0 Å². The van der Waals surface area contributed by atoms with Crippen LogP contribution in [-0.4, -0.2) is 27.7 Å². The number of nitrogens with one attached hydrogen (secondary N) is 1. The standard InChI is InChI=1S/C8H11N3O2S.Na/c12-7(13)6(2-5-14)11-8-9-3-1-4-10-8;/h1,3-4,6,14H,2,5H2,(H,12,13)(H,9,10,11);/q;+1/p-1/t6-;/m0./s1. The van der Waals surface area contributed by atoms with Crippen LogP contribution < -0.4 is 40.0 Å². The van der Waals surface area contributed by atoms with Crippen LogP contribution in [0.2, 0.25) is 0 Å². The Morgan fingerprint density at radius 1 is 1.53 bits per heavy atom. The van der Waals surface area contributed by atoms with Gasteiger partial charge in [-0.1, -0.05) is 0 Å². The molecule has 15 heavy (non-hydrogen) atoms. The molecule has 7 heteroatoms. The molecule has 1 heterocycles. The van der Waals surface area contributed by atoms with Gasteiger partial charge >= 0.3 is 29.6 Å². The van der Waals surface area contributed by atoms with Gasteiger partial charge in [-0.15, -0.1) is 0 Å². The first-order valence-corrected chi connectivity index (χ1v) is 4.72. The van der Waals surface area contributed by atoms with Crippen LogP contribution >= 0.6 is 12.6 Å². The Morgan fingerprint density at radius 3 is 2.60 bits per heavy atom. The largest absolute Gasteiger partial charge is 1.00 e. The van der Waals surface area contributed by atoms with Crippen molar-refractivity contribution in [2.75, 3.05) is 11.1 Å². The average Bonchev–Trinajstić information content (AvgIpc) is 2.18. The molecule has 0 aliphatic heterocycles. The van der Waals surface area contributed by atoms with E-state index in [-0.39, 0.29) is 35.5 Å². The third kappa shape index (κ3) is 5.36. The van der Waals surface area contributed by atoms with Crippen LogP contribution in [0.25, 0.3) is 0 Å². The van der Waals surface area contributed by atoms with E-state index in [1.54, 1.807) is 6.07 Å². The fourth-order valence-corrected chi connectivity index (χ4v) is 1.17. The van der Waals surface area contributed by atoms with Crippen LogP contribution in [0.4, 0.5) is 5.95 Å². The van der Waals surface area contributed by atoms with Gasteiger partial charge in [0, 0.05) is 12.4 Å². The summed E-state index contributed by atoms with van der Waals surface area (Å²) in [5.41, 5.74) is 0. The molecule has 0 fully saturated rings. The van der Waals surface area contributed by atoms with Gasteiger partial charge in [-0.25, -0.2) is 9.97 Å². The van der Waals surface area contributed by atoms with Crippen molar-refractivity contribution in [1.29, 1.82) is 0 Å². The number of hydrogen-bond donors (Lipinski definition) is 2. The molecular formula is C8H10N3NaO2S. The van der Waals surface area contributed by atoms with Crippen molar-refractivity contribution in [2.45, 2.75) is 12.5 Å². The zero-order valence-electron chi connectivity index (χ0n) is 8.38. The van der Waals surface area contributed by atoms with Crippen molar-refractivity contribution in [3.05, 3.63) is 18.5 Å². The molecular weight excluding hydrogens is 225 g/mol. The molecule has 0 spiro atoms. The van der Waals surface area contributed by atoms with Gasteiger partial charge in [0.05, 0.1) is 12.0 Å². The van der Waals surface area contributed by atoms with E-state index in [2.05, 4.69) is 27.9 Å². The number of nitrogens with zero attached hydrogens (tertiary/aromatic N) is 2. The van der Waals surface area contributed by atoms with E-state index in [1.165, 1.54) is 12.4 Å². The third-order valence-corrected chi connectivity index (χ3v) is 1.83. The van der Waals surface area contributed by atoms with Gasteiger partial charge in [0.25, 0.3) is 0 Å². The SMILES string of the molecule is O=C([O-])[C@H](CCS)Nc1ncccn1.[Na+]. The van der Waals surface area contributed by atoms with Crippen LogP contribution in [0.15, 0.2) is 18.5 Å². The molecule has 1 aromatic rings. The Hall–Kier alpha value is -0.300. The molecule has 0 bridgehead atoms. The summed E-state index contributed by atoms with van der Waals surface area (Å²) in [5.74, 6) is -0.437. The number of carbonyl (C=O) groups is 1. The fourth-order valence-electron chi connectivity index (χ4n) is 0.908. The van der Waals surface area contributed by atoms with Gasteiger partial charge in [0.2, 0.25) is 5.95 Å². The summed E-state index contributed by atoms with van der Waals surface area (Å²) in [6.07, 6.45) is 3.43. The van der Waals surface area contributed by atoms with Crippen molar-refractivity contribution >= 4 is 24.5 Å². The van der Waals surface area contributed by atoms with Crippen LogP contribution in [0.5, 0.6) is 0 Å². The number of anilines is 1. The minimum Gasteiger partial charge on any atom is -0.548 e. The molecule has 0 saturated heterocycles. The summed E-state index contributed by atoms with van der Waals surface area (Å²) >= 11 is 3.95. The van der Waals surface area contributed by atoms with Gasteiger partial charge in [-0.3, -0.25) is 0 Å². The van der Waals surface area contributed by atoms with Gasteiger partial charge < -0.3 is 15.2 Å².